The highest BCUT2D eigenvalue weighted by Crippen LogP contribution is 2.22. The van der Waals surface area contributed by atoms with Crippen LogP contribution in [-0.4, -0.2) is 31.7 Å². The lowest BCUT2D eigenvalue weighted by Crippen LogP contribution is -2.22. The molecule has 5 nitrogen and oxygen atoms in total. The maximum Gasteiger partial charge on any atom is 0.217 e. The van der Waals surface area contributed by atoms with Crippen molar-refractivity contribution < 1.29 is 0 Å². The second kappa shape index (κ2) is 7.11. The number of H-pyrrole nitrogens is 1. The van der Waals surface area contributed by atoms with Gasteiger partial charge in [0, 0.05) is 5.56 Å². The molecule has 2 aromatic heterocycles. The van der Waals surface area contributed by atoms with Crippen LogP contribution in [0.15, 0.2) is 48.5 Å². The molecule has 4 aromatic rings. The van der Waals surface area contributed by atoms with Crippen molar-refractivity contribution in [1.82, 2.24) is 24.6 Å². The van der Waals surface area contributed by atoms with Crippen LogP contribution in [0.1, 0.15) is 10.6 Å². The molecule has 1 N–H and O–H groups in total. The van der Waals surface area contributed by atoms with E-state index >= 15 is 0 Å². The average Bonchev–Trinajstić information content (AvgIpc) is 3.18. The van der Waals surface area contributed by atoms with Gasteiger partial charge in [0.25, 0.3) is 0 Å². The van der Waals surface area contributed by atoms with Gasteiger partial charge < -0.3 is 0 Å². The first-order chi connectivity index (χ1) is 12.6. The van der Waals surface area contributed by atoms with Crippen molar-refractivity contribution >= 4 is 33.8 Å². The maximum atomic E-state index is 5.41. The Morgan fingerprint density at radius 3 is 2.65 bits per heavy atom. The van der Waals surface area contributed by atoms with Gasteiger partial charge >= 0.3 is 0 Å². The molecule has 0 amide bonds. The monoisotopic (exact) mass is 381 g/mol. The largest absolute Gasteiger partial charge is 0.281 e. The van der Waals surface area contributed by atoms with Crippen LogP contribution in [-0.2, 0) is 13.2 Å². The van der Waals surface area contributed by atoms with E-state index in [-0.39, 0.29) is 0 Å². The molecule has 0 aliphatic heterocycles. The van der Waals surface area contributed by atoms with E-state index in [2.05, 4.69) is 59.3 Å². The van der Waals surface area contributed by atoms with E-state index in [1.165, 1.54) is 10.3 Å². The van der Waals surface area contributed by atoms with Gasteiger partial charge in [-0.15, -0.1) is 11.3 Å². The highest BCUT2D eigenvalue weighted by molar-refractivity contribution is 7.71. The standard InChI is InChI=1S/C19H19N5S2/c1-13-7-9-14(10-8-13)18-21-19(25)24(22-18)12-23(2)11-17-20-15-5-3-4-6-16(15)26-17/h3-10H,11-12H2,1-2H3,(H,21,22,25). The minimum Gasteiger partial charge on any atom is -0.281 e. The number of benzene rings is 2. The molecule has 0 fully saturated rings. The van der Waals surface area contributed by atoms with Crippen molar-refractivity contribution in [3.05, 3.63) is 63.9 Å². The second-order valence-corrected chi connectivity index (χ2v) is 7.86. The zero-order valence-corrected chi connectivity index (χ0v) is 16.3. The van der Waals surface area contributed by atoms with Gasteiger partial charge in [-0.05, 0) is 38.3 Å². The summed E-state index contributed by atoms with van der Waals surface area (Å²) in [6.07, 6.45) is 0. The number of nitrogens with one attached hydrogen (secondary N) is 1. The molecule has 132 valence electrons. The highest BCUT2D eigenvalue weighted by atomic mass is 32.1. The molecule has 0 aliphatic carbocycles. The molecule has 0 bridgehead atoms. The molecule has 0 unspecified atom stereocenters. The molecule has 0 atom stereocenters. The maximum absolute atomic E-state index is 5.41. The Balaban J connectivity index is 1.49. The first-order valence-electron chi connectivity index (χ1n) is 8.35. The van der Waals surface area contributed by atoms with Crippen molar-refractivity contribution in [2.45, 2.75) is 20.1 Å². The summed E-state index contributed by atoms with van der Waals surface area (Å²) >= 11 is 7.14. The van der Waals surface area contributed by atoms with Crippen LogP contribution in [0.2, 0.25) is 0 Å². The summed E-state index contributed by atoms with van der Waals surface area (Å²) in [5.41, 5.74) is 3.32. The number of hydrogen-bond donors (Lipinski definition) is 1. The van der Waals surface area contributed by atoms with Crippen LogP contribution >= 0.6 is 23.6 Å². The molecule has 2 aromatic carbocycles. The molecule has 0 spiro atoms. The van der Waals surface area contributed by atoms with E-state index in [0.717, 1.165) is 28.5 Å². The number of aromatic nitrogens is 4. The van der Waals surface area contributed by atoms with Crippen molar-refractivity contribution in [1.29, 1.82) is 0 Å². The second-order valence-electron chi connectivity index (χ2n) is 6.38. The predicted octanol–water partition coefficient (Wildman–Crippen LogP) is 4.62. The molecule has 2 heterocycles. The summed E-state index contributed by atoms with van der Waals surface area (Å²) < 4.78 is 3.66. The van der Waals surface area contributed by atoms with Gasteiger partial charge in [0.1, 0.15) is 5.01 Å². The normalized spacial score (nSPS) is 11.5. The van der Waals surface area contributed by atoms with E-state index in [9.17, 15) is 0 Å². The number of thiazole rings is 1. The fraction of sp³-hybridized carbons (Fsp3) is 0.211. The molecule has 7 heteroatoms. The Labute approximate surface area is 160 Å². The number of aryl methyl sites for hydroxylation is 1. The Kier molecular flexibility index (Phi) is 4.67. The van der Waals surface area contributed by atoms with Crippen LogP contribution in [0.3, 0.4) is 0 Å². The van der Waals surface area contributed by atoms with Crippen LogP contribution in [0.5, 0.6) is 0 Å². The van der Waals surface area contributed by atoms with Crippen LogP contribution in [0.4, 0.5) is 0 Å². The van der Waals surface area contributed by atoms with Crippen molar-refractivity contribution in [3.63, 3.8) is 0 Å². The van der Waals surface area contributed by atoms with E-state index in [1.54, 1.807) is 11.3 Å². The van der Waals surface area contributed by atoms with Gasteiger partial charge in [0.05, 0.1) is 23.4 Å². The molecular weight excluding hydrogens is 362 g/mol. The Bertz CT molecular complexity index is 1060. The van der Waals surface area contributed by atoms with Gasteiger partial charge in [-0.2, -0.15) is 4.98 Å². The third kappa shape index (κ3) is 3.60. The molecule has 4 rings (SSSR count). The first kappa shape index (κ1) is 17.1. The molecule has 0 saturated heterocycles. The number of aromatic amines is 1. The summed E-state index contributed by atoms with van der Waals surface area (Å²) in [5.74, 6) is 0.795. The third-order valence-corrected chi connectivity index (χ3v) is 5.46. The minimum absolute atomic E-state index is 0.553. The van der Waals surface area contributed by atoms with Gasteiger partial charge in [-0.3, -0.25) is 10.00 Å². The quantitative estimate of drug-likeness (QED) is 0.513. The fourth-order valence-electron chi connectivity index (χ4n) is 2.80. The van der Waals surface area contributed by atoms with Gasteiger partial charge in [-0.1, -0.05) is 42.0 Å². The molecule has 0 aliphatic rings. The lowest BCUT2D eigenvalue weighted by atomic mass is 10.1. The molecular formula is C19H19N5S2. The number of para-hydroxylation sites is 1. The van der Waals surface area contributed by atoms with Crippen molar-refractivity contribution in [2.24, 2.45) is 0 Å². The number of rotatable bonds is 5. The lowest BCUT2D eigenvalue weighted by molar-refractivity contribution is 0.244. The SMILES string of the molecule is Cc1ccc(-c2nc(=S)n(CN(C)Cc3nc4ccccc4s3)[nH]2)cc1. The number of nitrogens with zero attached hydrogens (tertiary/aromatic N) is 4. The van der Waals surface area contributed by atoms with E-state index in [1.807, 2.05) is 22.9 Å². The molecule has 0 radical (unpaired) electrons. The van der Waals surface area contributed by atoms with E-state index in [4.69, 9.17) is 17.2 Å². The van der Waals surface area contributed by atoms with E-state index in [0.29, 0.717) is 11.4 Å². The summed E-state index contributed by atoms with van der Waals surface area (Å²) in [6.45, 7) is 3.47. The van der Waals surface area contributed by atoms with E-state index < -0.39 is 0 Å². The number of fused-ring (bicyclic) bond motifs is 1. The first-order valence-corrected chi connectivity index (χ1v) is 9.58. The van der Waals surface area contributed by atoms with Crippen molar-refractivity contribution in [3.8, 4) is 11.4 Å². The Morgan fingerprint density at radius 1 is 1.12 bits per heavy atom. The van der Waals surface area contributed by atoms with Crippen molar-refractivity contribution in [2.75, 3.05) is 7.05 Å². The smallest absolute Gasteiger partial charge is 0.217 e. The minimum atomic E-state index is 0.553. The summed E-state index contributed by atoms with van der Waals surface area (Å²) in [7, 11) is 2.06. The Morgan fingerprint density at radius 2 is 1.88 bits per heavy atom. The number of hydrogen-bond acceptors (Lipinski definition) is 5. The average molecular weight is 382 g/mol. The third-order valence-electron chi connectivity index (χ3n) is 4.13. The fourth-order valence-corrected chi connectivity index (χ4v) is 4.05. The summed E-state index contributed by atoms with van der Waals surface area (Å²) in [6, 6.07) is 16.5. The van der Waals surface area contributed by atoms with Gasteiger partial charge in [-0.25, -0.2) is 9.67 Å². The lowest BCUT2D eigenvalue weighted by Gasteiger charge is -2.15. The van der Waals surface area contributed by atoms with Gasteiger partial charge in [0.2, 0.25) is 4.77 Å². The molecule has 26 heavy (non-hydrogen) atoms. The zero-order chi connectivity index (χ0) is 18.1. The highest BCUT2D eigenvalue weighted by Gasteiger charge is 2.10. The van der Waals surface area contributed by atoms with Crippen LogP contribution in [0, 0.1) is 11.7 Å². The summed E-state index contributed by atoms with van der Waals surface area (Å²) in [4.78, 5) is 11.4. The predicted molar refractivity (Wildman–Crippen MR) is 109 cm³/mol. The summed E-state index contributed by atoms with van der Waals surface area (Å²) in [5, 5.41) is 4.40. The zero-order valence-electron chi connectivity index (χ0n) is 14.6. The Hall–Kier alpha value is -2.35. The van der Waals surface area contributed by atoms with Crippen LogP contribution < -0.4 is 0 Å². The van der Waals surface area contributed by atoms with Crippen LogP contribution in [0.25, 0.3) is 21.6 Å². The van der Waals surface area contributed by atoms with Gasteiger partial charge in [0.15, 0.2) is 5.82 Å². The topological polar surface area (TPSA) is 49.7 Å². The molecule has 0 saturated carbocycles.